The summed E-state index contributed by atoms with van der Waals surface area (Å²) in [6.45, 7) is 0. The van der Waals surface area contributed by atoms with Gasteiger partial charge < -0.3 is 9.32 Å². The van der Waals surface area contributed by atoms with E-state index in [9.17, 15) is 0 Å². The lowest BCUT2D eigenvalue weighted by molar-refractivity contribution is 0.669. The molecular weight excluding hydrogens is 607 g/mol. The van der Waals surface area contributed by atoms with E-state index in [0.29, 0.717) is 0 Å². The minimum atomic E-state index is 0.923. The summed E-state index contributed by atoms with van der Waals surface area (Å²) < 4.78 is 6.17. The zero-order chi connectivity index (χ0) is 33.0. The zero-order valence-corrected chi connectivity index (χ0v) is 27.3. The molecule has 0 fully saturated rings. The Labute approximate surface area is 290 Å². The summed E-state index contributed by atoms with van der Waals surface area (Å²) >= 11 is 0. The molecule has 0 N–H and O–H groups in total. The largest absolute Gasteiger partial charge is 0.456 e. The van der Waals surface area contributed by atoms with Gasteiger partial charge in [-0.25, -0.2) is 0 Å². The van der Waals surface area contributed by atoms with Gasteiger partial charge in [0.25, 0.3) is 0 Å². The summed E-state index contributed by atoms with van der Waals surface area (Å²) in [4.78, 5) is 2.43. The van der Waals surface area contributed by atoms with Crippen molar-refractivity contribution in [3.63, 3.8) is 0 Å². The number of benzene rings is 9. The van der Waals surface area contributed by atoms with Crippen molar-refractivity contribution in [2.75, 3.05) is 4.90 Å². The molecule has 0 aliphatic heterocycles. The normalized spacial score (nSPS) is 11.6. The van der Waals surface area contributed by atoms with E-state index < -0.39 is 0 Å². The smallest absolute Gasteiger partial charge is 0.136 e. The number of furan rings is 1. The van der Waals surface area contributed by atoms with Crippen molar-refractivity contribution < 1.29 is 4.42 Å². The third kappa shape index (κ3) is 4.57. The van der Waals surface area contributed by atoms with Crippen molar-refractivity contribution >= 4 is 71.3 Å². The van der Waals surface area contributed by atoms with Gasteiger partial charge in [0.2, 0.25) is 0 Å². The lowest BCUT2D eigenvalue weighted by Gasteiger charge is -2.29. The monoisotopic (exact) mass is 637 g/mol. The fraction of sp³-hybridized carbons (Fsp3) is 0. The number of fused-ring (bicyclic) bond motifs is 8. The molecular formula is C48H31NO. The van der Waals surface area contributed by atoms with Crippen molar-refractivity contribution in [1.82, 2.24) is 0 Å². The molecule has 0 aliphatic carbocycles. The van der Waals surface area contributed by atoms with E-state index in [-0.39, 0.29) is 0 Å². The lowest BCUT2D eigenvalue weighted by Crippen LogP contribution is -2.12. The van der Waals surface area contributed by atoms with E-state index in [4.69, 9.17) is 4.42 Å². The number of hydrogen-bond acceptors (Lipinski definition) is 2. The van der Waals surface area contributed by atoms with Gasteiger partial charge in [0.05, 0.1) is 11.4 Å². The molecule has 10 aromatic rings. The summed E-state index contributed by atoms with van der Waals surface area (Å²) in [5, 5.41) is 9.68. The van der Waals surface area contributed by atoms with E-state index in [1.54, 1.807) is 0 Å². The molecule has 0 saturated heterocycles. The topological polar surface area (TPSA) is 16.4 Å². The average Bonchev–Trinajstić information content (AvgIpc) is 3.58. The van der Waals surface area contributed by atoms with Crippen molar-refractivity contribution in [1.29, 1.82) is 0 Å². The third-order valence-electron chi connectivity index (χ3n) is 10.0. The Morgan fingerprint density at radius 2 is 1.00 bits per heavy atom. The number of rotatable bonds is 5. The maximum Gasteiger partial charge on any atom is 0.136 e. The predicted molar refractivity (Wildman–Crippen MR) is 212 cm³/mol. The molecule has 2 nitrogen and oxygen atoms in total. The van der Waals surface area contributed by atoms with Crippen LogP contribution in [0.2, 0.25) is 0 Å². The first kappa shape index (κ1) is 28.4. The van der Waals surface area contributed by atoms with Gasteiger partial charge in [-0.15, -0.1) is 0 Å². The highest BCUT2D eigenvalue weighted by atomic mass is 16.3. The van der Waals surface area contributed by atoms with E-state index >= 15 is 0 Å². The second-order valence-corrected chi connectivity index (χ2v) is 12.9. The van der Waals surface area contributed by atoms with Gasteiger partial charge in [-0.1, -0.05) is 146 Å². The van der Waals surface area contributed by atoms with Gasteiger partial charge in [-0.05, 0) is 86.1 Å². The SMILES string of the molecule is c1ccc(-c2ccccc2N(c2ccc(-c3ccc4c(ccc5oc6ccccc6c54)c3)cc2)c2cc3ccccc3c3ccccc23)cc1. The van der Waals surface area contributed by atoms with Crippen LogP contribution in [0, 0.1) is 0 Å². The van der Waals surface area contributed by atoms with E-state index in [1.807, 2.05) is 12.1 Å². The van der Waals surface area contributed by atoms with Crippen LogP contribution in [-0.2, 0) is 0 Å². The first-order chi connectivity index (χ1) is 24.8. The Balaban J connectivity index is 1.14. The first-order valence-electron chi connectivity index (χ1n) is 17.1. The molecule has 0 unspecified atom stereocenters. The molecule has 0 atom stereocenters. The lowest BCUT2D eigenvalue weighted by atomic mass is 9.96. The van der Waals surface area contributed by atoms with E-state index in [2.05, 4.69) is 181 Å². The summed E-state index contributed by atoms with van der Waals surface area (Å²) in [6, 6.07) is 67.6. The average molecular weight is 638 g/mol. The molecule has 0 saturated carbocycles. The van der Waals surface area contributed by atoms with Crippen molar-refractivity contribution in [2.24, 2.45) is 0 Å². The minimum absolute atomic E-state index is 0.923. The van der Waals surface area contributed by atoms with Crippen molar-refractivity contribution in [3.05, 3.63) is 188 Å². The predicted octanol–water partition coefficient (Wildman–Crippen LogP) is 13.8. The second-order valence-electron chi connectivity index (χ2n) is 12.9. The molecule has 234 valence electrons. The van der Waals surface area contributed by atoms with Crippen LogP contribution >= 0.6 is 0 Å². The number of nitrogens with zero attached hydrogens (tertiary/aromatic N) is 1. The molecule has 10 rings (SSSR count). The molecule has 0 amide bonds. The minimum Gasteiger partial charge on any atom is -0.456 e. The molecule has 2 heteroatoms. The Bertz CT molecular complexity index is 2870. The highest BCUT2D eigenvalue weighted by molar-refractivity contribution is 6.19. The van der Waals surface area contributed by atoms with Crippen molar-refractivity contribution in [2.45, 2.75) is 0 Å². The fourth-order valence-corrected chi connectivity index (χ4v) is 7.69. The number of hydrogen-bond donors (Lipinski definition) is 0. The Kier molecular flexibility index (Phi) is 6.53. The maximum atomic E-state index is 6.17. The van der Waals surface area contributed by atoms with Crippen LogP contribution in [0.4, 0.5) is 17.1 Å². The fourth-order valence-electron chi connectivity index (χ4n) is 7.69. The molecule has 50 heavy (non-hydrogen) atoms. The maximum absolute atomic E-state index is 6.17. The molecule has 9 aromatic carbocycles. The van der Waals surface area contributed by atoms with Crippen LogP contribution in [0.25, 0.3) is 76.5 Å². The second kappa shape index (κ2) is 11.5. The Morgan fingerprint density at radius 1 is 0.340 bits per heavy atom. The van der Waals surface area contributed by atoms with Crippen molar-refractivity contribution in [3.8, 4) is 22.3 Å². The molecule has 1 aromatic heterocycles. The number of anilines is 3. The number of para-hydroxylation sites is 2. The Morgan fingerprint density at radius 3 is 1.86 bits per heavy atom. The third-order valence-corrected chi connectivity index (χ3v) is 10.0. The molecule has 0 radical (unpaired) electrons. The van der Waals surface area contributed by atoms with Crippen LogP contribution in [0.15, 0.2) is 192 Å². The van der Waals surface area contributed by atoms with Gasteiger partial charge in [0, 0.05) is 27.4 Å². The zero-order valence-electron chi connectivity index (χ0n) is 27.3. The summed E-state index contributed by atoms with van der Waals surface area (Å²) in [5.41, 5.74) is 9.96. The standard InChI is InChI=1S/C48H31NO/c1-2-12-33(13-3-1)39-16-8-10-20-44(39)49(45-31-35-14-4-5-15-38(35)41-17-6-7-18-42(41)45)37-26-22-32(23-27-37)34-24-28-40-36(30-34)25-29-47-48(40)43-19-9-11-21-46(43)50-47/h1-31H. The van der Waals surface area contributed by atoms with Gasteiger partial charge in [0.15, 0.2) is 0 Å². The highest BCUT2D eigenvalue weighted by Crippen LogP contribution is 2.45. The van der Waals surface area contributed by atoms with Gasteiger partial charge in [-0.2, -0.15) is 0 Å². The molecule has 0 aliphatic rings. The van der Waals surface area contributed by atoms with E-state index in [1.165, 1.54) is 60.0 Å². The molecule has 1 heterocycles. The van der Waals surface area contributed by atoms with Gasteiger partial charge in [-0.3, -0.25) is 0 Å². The highest BCUT2D eigenvalue weighted by Gasteiger charge is 2.20. The van der Waals surface area contributed by atoms with Crippen LogP contribution in [0.1, 0.15) is 0 Å². The van der Waals surface area contributed by atoms with Gasteiger partial charge in [0.1, 0.15) is 11.2 Å². The molecule has 0 bridgehead atoms. The summed E-state index contributed by atoms with van der Waals surface area (Å²) in [6.07, 6.45) is 0. The Hall–Kier alpha value is -6.64. The van der Waals surface area contributed by atoms with Crippen LogP contribution in [0.3, 0.4) is 0 Å². The van der Waals surface area contributed by atoms with Crippen LogP contribution in [-0.4, -0.2) is 0 Å². The quantitative estimate of drug-likeness (QED) is 0.175. The van der Waals surface area contributed by atoms with E-state index in [0.717, 1.165) is 33.6 Å². The van der Waals surface area contributed by atoms with Crippen LogP contribution < -0.4 is 4.90 Å². The van der Waals surface area contributed by atoms with Crippen LogP contribution in [0.5, 0.6) is 0 Å². The van der Waals surface area contributed by atoms with Gasteiger partial charge >= 0.3 is 0 Å². The summed E-state index contributed by atoms with van der Waals surface area (Å²) in [7, 11) is 0. The summed E-state index contributed by atoms with van der Waals surface area (Å²) in [5.74, 6) is 0. The molecule has 0 spiro atoms. The first-order valence-corrected chi connectivity index (χ1v) is 17.1.